The Labute approximate surface area is 125 Å². The van der Waals surface area contributed by atoms with Crippen LogP contribution >= 0.6 is 27.3 Å². The van der Waals surface area contributed by atoms with E-state index in [1.807, 2.05) is 7.05 Å². The predicted octanol–water partition coefficient (Wildman–Crippen LogP) is 3.78. The average Bonchev–Trinajstić information content (AvgIpc) is 2.87. The third-order valence-electron chi connectivity index (χ3n) is 3.10. The molecule has 0 fully saturated rings. The molecule has 0 aliphatic carbocycles. The van der Waals surface area contributed by atoms with Crippen LogP contribution in [0.2, 0.25) is 0 Å². The summed E-state index contributed by atoms with van der Waals surface area (Å²) in [5, 5.41) is 4.19. The number of halogens is 2. The van der Waals surface area contributed by atoms with Crippen molar-refractivity contribution in [1.82, 2.24) is 4.90 Å². The van der Waals surface area contributed by atoms with Crippen LogP contribution in [-0.4, -0.2) is 18.5 Å². The Balaban J connectivity index is 2.16. The summed E-state index contributed by atoms with van der Waals surface area (Å²) >= 11 is 4.91. The number of nitrogens with two attached hydrogens (primary N) is 1. The third-order valence-corrected chi connectivity index (χ3v) is 4.44. The third kappa shape index (κ3) is 3.63. The molecule has 0 saturated heterocycles. The van der Waals surface area contributed by atoms with Crippen LogP contribution in [0.1, 0.15) is 17.2 Å². The van der Waals surface area contributed by atoms with Gasteiger partial charge in [0.2, 0.25) is 0 Å². The fourth-order valence-corrected chi connectivity index (χ4v) is 3.13. The van der Waals surface area contributed by atoms with Gasteiger partial charge in [0.1, 0.15) is 5.82 Å². The van der Waals surface area contributed by atoms with E-state index in [-0.39, 0.29) is 11.9 Å². The molecule has 0 bridgehead atoms. The molecular formula is C14H16BrFN2S. The smallest absolute Gasteiger partial charge is 0.137 e. The van der Waals surface area contributed by atoms with Crippen molar-refractivity contribution in [3.63, 3.8) is 0 Å². The van der Waals surface area contributed by atoms with Gasteiger partial charge in [-0.1, -0.05) is 6.07 Å². The SMILES string of the molecule is CN(Cc1ccsc1)C(CN)c1ccc(F)c(Br)c1. The minimum Gasteiger partial charge on any atom is -0.329 e. The summed E-state index contributed by atoms with van der Waals surface area (Å²) < 4.78 is 13.8. The van der Waals surface area contributed by atoms with E-state index in [9.17, 15) is 4.39 Å². The monoisotopic (exact) mass is 342 g/mol. The van der Waals surface area contributed by atoms with Gasteiger partial charge in [0.25, 0.3) is 0 Å². The van der Waals surface area contributed by atoms with Crippen molar-refractivity contribution in [3.05, 3.63) is 56.4 Å². The van der Waals surface area contributed by atoms with Crippen molar-refractivity contribution in [2.75, 3.05) is 13.6 Å². The van der Waals surface area contributed by atoms with Crippen molar-refractivity contribution in [3.8, 4) is 0 Å². The highest BCUT2D eigenvalue weighted by Gasteiger charge is 2.17. The Bertz CT molecular complexity index is 530. The molecule has 5 heteroatoms. The summed E-state index contributed by atoms with van der Waals surface area (Å²) in [6.45, 7) is 1.33. The zero-order chi connectivity index (χ0) is 13.8. The van der Waals surface area contributed by atoms with Gasteiger partial charge in [-0.3, -0.25) is 4.90 Å². The summed E-state index contributed by atoms with van der Waals surface area (Å²) in [4.78, 5) is 2.18. The Kier molecular flexibility index (Phi) is 5.10. The van der Waals surface area contributed by atoms with Crippen LogP contribution in [-0.2, 0) is 6.54 Å². The van der Waals surface area contributed by atoms with Crippen molar-refractivity contribution < 1.29 is 4.39 Å². The van der Waals surface area contributed by atoms with Gasteiger partial charge >= 0.3 is 0 Å². The molecule has 1 unspecified atom stereocenters. The second-order valence-electron chi connectivity index (χ2n) is 4.47. The van der Waals surface area contributed by atoms with E-state index in [0.29, 0.717) is 11.0 Å². The van der Waals surface area contributed by atoms with Gasteiger partial charge in [-0.25, -0.2) is 4.39 Å². The van der Waals surface area contributed by atoms with Gasteiger partial charge in [-0.05, 0) is 63.1 Å². The number of likely N-dealkylation sites (N-methyl/N-ethyl adjacent to an activating group) is 1. The molecule has 0 aliphatic rings. The fourth-order valence-electron chi connectivity index (χ4n) is 2.07. The molecule has 0 amide bonds. The molecule has 2 aromatic rings. The molecule has 1 atom stereocenters. The van der Waals surface area contributed by atoms with E-state index in [1.54, 1.807) is 23.5 Å². The molecule has 0 spiro atoms. The molecule has 1 aromatic heterocycles. The lowest BCUT2D eigenvalue weighted by molar-refractivity contribution is 0.242. The van der Waals surface area contributed by atoms with E-state index in [0.717, 1.165) is 12.1 Å². The highest BCUT2D eigenvalue weighted by molar-refractivity contribution is 9.10. The summed E-state index contributed by atoms with van der Waals surface area (Å²) in [6, 6.07) is 7.26. The minimum absolute atomic E-state index is 0.0804. The molecule has 2 rings (SSSR count). The highest BCUT2D eigenvalue weighted by atomic mass is 79.9. The molecule has 2 nitrogen and oxygen atoms in total. The molecule has 0 saturated carbocycles. The number of hydrogen-bond acceptors (Lipinski definition) is 3. The highest BCUT2D eigenvalue weighted by Crippen LogP contribution is 2.25. The van der Waals surface area contributed by atoms with Gasteiger partial charge in [-0.15, -0.1) is 0 Å². The molecule has 0 aliphatic heterocycles. The lowest BCUT2D eigenvalue weighted by atomic mass is 10.1. The number of thiophene rings is 1. The van der Waals surface area contributed by atoms with Crippen LogP contribution in [0, 0.1) is 5.82 Å². The maximum Gasteiger partial charge on any atom is 0.137 e. The second-order valence-corrected chi connectivity index (χ2v) is 6.11. The summed E-state index contributed by atoms with van der Waals surface area (Å²) in [7, 11) is 2.03. The molecule has 1 aromatic carbocycles. The van der Waals surface area contributed by atoms with Gasteiger partial charge in [0.05, 0.1) is 4.47 Å². The predicted molar refractivity (Wildman–Crippen MR) is 81.7 cm³/mol. The normalized spacial score (nSPS) is 12.9. The first kappa shape index (κ1) is 14.7. The largest absolute Gasteiger partial charge is 0.329 e. The van der Waals surface area contributed by atoms with E-state index in [2.05, 4.69) is 37.7 Å². The minimum atomic E-state index is -0.250. The maximum atomic E-state index is 13.3. The topological polar surface area (TPSA) is 29.3 Å². The zero-order valence-corrected chi connectivity index (χ0v) is 13.0. The first-order valence-corrected chi connectivity index (χ1v) is 7.71. The van der Waals surface area contributed by atoms with Crippen molar-refractivity contribution in [1.29, 1.82) is 0 Å². The van der Waals surface area contributed by atoms with Crippen LogP contribution in [0.15, 0.2) is 39.5 Å². The second kappa shape index (κ2) is 6.61. The number of nitrogens with zero attached hydrogens (tertiary/aromatic N) is 1. The molecule has 102 valence electrons. The molecular weight excluding hydrogens is 327 g/mol. The van der Waals surface area contributed by atoms with E-state index < -0.39 is 0 Å². The number of hydrogen-bond donors (Lipinski definition) is 1. The first-order valence-electron chi connectivity index (χ1n) is 5.98. The lowest BCUT2D eigenvalue weighted by Gasteiger charge is -2.27. The van der Waals surface area contributed by atoms with Crippen molar-refractivity contribution in [2.45, 2.75) is 12.6 Å². The van der Waals surface area contributed by atoms with Crippen LogP contribution in [0.3, 0.4) is 0 Å². The van der Waals surface area contributed by atoms with Crippen LogP contribution in [0.25, 0.3) is 0 Å². The van der Waals surface area contributed by atoms with Crippen molar-refractivity contribution >= 4 is 27.3 Å². The van der Waals surface area contributed by atoms with E-state index >= 15 is 0 Å². The fraction of sp³-hybridized carbons (Fsp3) is 0.286. The Morgan fingerprint density at radius 1 is 1.42 bits per heavy atom. The van der Waals surface area contributed by atoms with Gasteiger partial charge < -0.3 is 5.73 Å². The van der Waals surface area contributed by atoms with Crippen LogP contribution in [0.4, 0.5) is 4.39 Å². The van der Waals surface area contributed by atoms with E-state index in [1.165, 1.54) is 11.6 Å². The van der Waals surface area contributed by atoms with Gasteiger partial charge in [-0.2, -0.15) is 11.3 Å². The summed E-state index contributed by atoms with van der Waals surface area (Å²) in [5.41, 5.74) is 8.17. The van der Waals surface area contributed by atoms with Crippen molar-refractivity contribution in [2.24, 2.45) is 5.73 Å². The first-order chi connectivity index (χ1) is 9.11. The standard InChI is InChI=1S/C14H16BrFN2S/c1-18(8-10-4-5-19-9-10)14(7-17)11-2-3-13(16)12(15)6-11/h2-6,9,14H,7-8,17H2,1H3. The maximum absolute atomic E-state index is 13.3. The quantitative estimate of drug-likeness (QED) is 0.895. The average molecular weight is 343 g/mol. The Hall–Kier alpha value is -0.750. The van der Waals surface area contributed by atoms with Gasteiger partial charge in [0.15, 0.2) is 0 Å². The number of rotatable bonds is 5. The molecule has 0 radical (unpaired) electrons. The van der Waals surface area contributed by atoms with Crippen LogP contribution in [0.5, 0.6) is 0 Å². The number of benzene rings is 1. The summed E-state index contributed by atoms with van der Waals surface area (Å²) in [5.74, 6) is -0.250. The molecule has 2 N–H and O–H groups in total. The van der Waals surface area contributed by atoms with Gasteiger partial charge in [0, 0.05) is 19.1 Å². The zero-order valence-electron chi connectivity index (χ0n) is 10.6. The van der Waals surface area contributed by atoms with Crippen LogP contribution < -0.4 is 5.73 Å². The Morgan fingerprint density at radius 3 is 2.79 bits per heavy atom. The molecule has 19 heavy (non-hydrogen) atoms. The summed E-state index contributed by atoms with van der Waals surface area (Å²) in [6.07, 6.45) is 0. The Morgan fingerprint density at radius 2 is 2.21 bits per heavy atom. The lowest BCUT2D eigenvalue weighted by Crippen LogP contribution is -2.30. The van der Waals surface area contributed by atoms with E-state index in [4.69, 9.17) is 5.73 Å². The molecule has 1 heterocycles.